The molecular formula is C16H23N3. The number of aryl methyl sites for hydroxylation is 1. The molecule has 3 heteroatoms. The second-order valence-corrected chi connectivity index (χ2v) is 5.24. The number of nitrogens with zero attached hydrogens (tertiary/aromatic N) is 2. The van der Waals surface area contributed by atoms with E-state index in [-0.39, 0.29) is 0 Å². The Balaban J connectivity index is 1.81. The lowest BCUT2D eigenvalue weighted by Gasteiger charge is -2.23. The van der Waals surface area contributed by atoms with Crippen LogP contribution in [0.3, 0.4) is 0 Å². The molecule has 1 aromatic carbocycles. The van der Waals surface area contributed by atoms with Crippen LogP contribution >= 0.6 is 0 Å². The minimum absolute atomic E-state index is 0.434. The van der Waals surface area contributed by atoms with E-state index in [1.165, 1.54) is 5.56 Å². The molecule has 2 aromatic rings. The number of nitrogens with one attached hydrogen (secondary N) is 1. The molecule has 1 N–H and O–H groups in total. The van der Waals surface area contributed by atoms with Crippen molar-refractivity contribution in [2.24, 2.45) is 5.92 Å². The van der Waals surface area contributed by atoms with E-state index in [0.29, 0.717) is 12.0 Å². The van der Waals surface area contributed by atoms with Crippen LogP contribution < -0.4 is 5.32 Å². The Morgan fingerprint density at radius 3 is 2.63 bits per heavy atom. The van der Waals surface area contributed by atoms with Crippen LogP contribution in [0.1, 0.15) is 31.9 Å². The lowest BCUT2D eigenvalue weighted by Crippen LogP contribution is -2.27. The molecule has 0 saturated heterocycles. The maximum absolute atomic E-state index is 4.05. The van der Waals surface area contributed by atoms with E-state index in [4.69, 9.17) is 0 Å². The minimum atomic E-state index is 0.434. The van der Waals surface area contributed by atoms with Gasteiger partial charge in [0.25, 0.3) is 0 Å². The quantitative estimate of drug-likeness (QED) is 0.772. The van der Waals surface area contributed by atoms with Crippen molar-refractivity contribution in [3.8, 4) is 0 Å². The maximum Gasteiger partial charge on any atom is 0.0945 e. The van der Waals surface area contributed by atoms with Gasteiger partial charge in [0.2, 0.25) is 0 Å². The molecule has 102 valence electrons. The van der Waals surface area contributed by atoms with Gasteiger partial charge in [-0.25, -0.2) is 4.98 Å². The molecule has 1 unspecified atom stereocenters. The Kier molecular flexibility index (Phi) is 5.16. The molecule has 2 rings (SSSR count). The van der Waals surface area contributed by atoms with Crippen LogP contribution in [-0.4, -0.2) is 16.1 Å². The normalized spacial score (nSPS) is 12.8. The van der Waals surface area contributed by atoms with Crippen molar-refractivity contribution in [3.63, 3.8) is 0 Å². The number of rotatable bonds is 7. The van der Waals surface area contributed by atoms with Crippen molar-refractivity contribution in [2.75, 3.05) is 6.54 Å². The highest BCUT2D eigenvalue weighted by Gasteiger charge is 2.13. The van der Waals surface area contributed by atoms with Crippen molar-refractivity contribution in [2.45, 2.75) is 32.9 Å². The van der Waals surface area contributed by atoms with Gasteiger partial charge in [0.05, 0.1) is 6.33 Å². The second kappa shape index (κ2) is 7.10. The highest BCUT2D eigenvalue weighted by Crippen LogP contribution is 2.20. The lowest BCUT2D eigenvalue weighted by molar-refractivity contribution is 0.403. The molecule has 0 bridgehead atoms. The first kappa shape index (κ1) is 13.8. The fourth-order valence-corrected chi connectivity index (χ4v) is 2.34. The van der Waals surface area contributed by atoms with Gasteiger partial charge in [-0.05, 0) is 24.4 Å². The van der Waals surface area contributed by atoms with Gasteiger partial charge in [0.1, 0.15) is 0 Å². The number of aromatic nitrogens is 2. The molecule has 0 aliphatic heterocycles. The van der Waals surface area contributed by atoms with E-state index in [1.807, 2.05) is 18.7 Å². The standard InChI is InChI=1S/C16H23N3/c1-14(2)16(15-7-4-3-5-8-15)18-9-6-11-19-12-10-17-13-19/h3-5,7-8,10,12-14,16,18H,6,9,11H2,1-2H3. The zero-order valence-electron chi connectivity index (χ0n) is 11.8. The van der Waals surface area contributed by atoms with E-state index >= 15 is 0 Å². The Bertz CT molecular complexity index is 448. The third-order valence-corrected chi connectivity index (χ3v) is 3.34. The SMILES string of the molecule is CC(C)C(NCCCn1ccnc1)c1ccccc1. The van der Waals surface area contributed by atoms with Crippen LogP contribution in [0.25, 0.3) is 0 Å². The van der Waals surface area contributed by atoms with Gasteiger partial charge in [0, 0.05) is 25.0 Å². The van der Waals surface area contributed by atoms with Crippen LogP contribution in [-0.2, 0) is 6.54 Å². The van der Waals surface area contributed by atoms with Crippen molar-refractivity contribution in [3.05, 3.63) is 54.6 Å². The zero-order chi connectivity index (χ0) is 13.5. The van der Waals surface area contributed by atoms with Gasteiger partial charge in [-0.15, -0.1) is 0 Å². The number of benzene rings is 1. The van der Waals surface area contributed by atoms with Crippen molar-refractivity contribution in [1.82, 2.24) is 14.9 Å². The highest BCUT2D eigenvalue weighted by molar-refractivity contribution is 5.19. The first-order valence-electron chi connectivity index (χ1n) is 7.01. The number of hydrogen-bond acceptors (Lipinski definition) is 2. The van der Waals surface area contributed by atoms with E-state index in [0.717, 1.165) is 19.5 Å². The fraction of sp³-hybridized carbons (Fsp3) is 0.438. The summed E-state index contributed by atoms with van der Waals surface area (Å²) in [7, 11) is 0. The summed E-state index contributed by atoms with van der Waals surface area (Å²) in [5.41, 5.74) is 1.38. The van der Waals surface area contributed by atoms with Gasteiger partial charge < -0.3 is 9.88 Å². The summed E-state index contributed by atoms with van der Waals surface area (Å²) in [5, 5.41) is 3.66. The van der Waals surface area contributed by atoms with Crippen LogP contribution in [0, 0.1) is 5.92 Å². The minimum Gasteiger partial charge on any atom is -0.337 e. The van der Waals surface area contributed by atoms with Crippen LogP contribution in [0.4, 0.5) is 0 Å². The van der Waals surface area contributed by atoms with Crippen LogP contribution in [0.15, 0.2) is 49.1 Å². The fourth-order valence-electron chi connectivity index (χ4n) is 2.34. The molecule has 0 aliphatic rings. The predicted molar refractivity (Wildman–Crippen MR) is 78.9 cm³/mol. The first-order valence-corrected chi connectivity index (χ1v) is 7.01. The van der Waals surface area contributed by atoms with E-state index in [2.05, 4.69) is 59.0 Å². The van der Waals surface area contributed by atoms with Crippen molar-refractivity contribution < 1.29 is 0 Å². The molecule has 0 fully saturated rings. The summed E-state index contributed by atoms with van der Waals surface area (Å²) in [4.78, 5) is 4.05. The van der Waals surface area contributed by atoms with Gasteiger partial charge in [-0.1, -0.05) is 44.2 Å². The van der Waals surface area contributed by atoms with Gasteiger partial charge in [-0.2, -0.15) is 0 Å². The Morgan fingerprint density at radius 1 is 1.21 bits per heavy atom. The molecule has 0 aliphatic carbocycles. The summed E-state index contributed by atoms with van der Waals surface area (Å²) >= 11 is 0. The molecule has 1 atom stereocenters. The van der Waals surface area contributed by atoms with E-state index < -0.39 is 0 Å². The third kappa shape index (κ3) is 4.21. The average Bonchev–Trinajstić information content (AvgIpc) is 2.92. The molecule has 1 heterocycles. The summed E-state index contributed by atoms with van der Waals surface area (Å²) in [5.74, 6) is 0.593. The lowest BCUT2D eigenvalue weighted by atomic mass is 9.96. The van der Waals surface area contributed by atoms with Crippen LogP contribution in [0.5, 0.6) is 0 Å². The number of hydrogen-bond donors (Lipinski definition) is 1. The molecule has 19 heavy (non-hydrogen) atoms. The van der Waals surface area contributed by atoms with Gasteiger partial charge in [-0.3, -0.25) is 0 Å². The first-order chi connectivity index (χ1) is 9.27. The summed E-state index contributed by atoms with van der Waals surface area (Å²) < 4.78 is 2.12. The van der Waals surface area contributed by atoms with Crippen molar-refractivity contribution in [1.29, 1.82) is 0 Å². The predicted octanol–water partition coefficient (Wildman–Crippen LogP) is 3.26. The molecular weight excluding hydrogens is 234 g/mol. The largest absolute Gasteiger partial charge is 0.337 e. The molecule has 0 spiro atoms. The Hall–Kier alpha value is -1.61. The van der Waals surface area contributed by atoms with Crippen molar-refractivity contribution >= 4 is 0 Å². The topological polar surface area (TPSA) is 29.9 Å². The van der Waals surface area contributed by atoms with Crippen LogP contribution in [0.2, 0.25) is 0 Å². The Labute approximate surface area is 115 Å². The van der Waals surface area contributed by atoms with E-state index in [9.17, 15) is 0 Å². The smallest absolute Gasteiger partial charge is 0.0945 e. The number of imidazole rings is 1. The van der Waals surface area contributed by atoms with Gasteiger partial charge in [0.15, 0.2) is 0 Å². The molecule has 0 saturated carbocycles. The highest BCUT2D eigenvalue weighted by atomic mass is 15.0. The molecule has 0 radical (unpaired) electrons. The summed E-state index contributed by atoms with van der Waals surface area (Å²) in [6.07, 6.45) is 6.83. The summed E-state index contributed by atoms with van der Waals surface area (Å²) in [6.45, 7) is 6.57. The molecule has 1 aromatic heterocycles. The van der Waals surface area contributed by atoms with Gasteiger partial charge >= 0.3 is 0 Å². The summed E-state index contributed by atoms with van der Waals surface area (Å²) in [6, 6.07) is 11.1. The third-order valence-electron chi connectivity index (χ3n) is 3.34. The molecule has 3 nitrogen and oxygen atoms in total. The average molecular weight is 257 g/mol. The second-order valence-electron chi connectivity index (χ2n) is 5.24. The monoisotopic (exact) mass is 257 g/mol. The molecule has 0 amide bonds. The van der Waals surface area contributed by atoms with E-state index in [1.54, 1.807) is 0 Å². The maximum atomic E-state index is 4.05. The Morgan fingerprint density at radius 2 is 2.00 bits per heavy atom. The zero-order valence-corrected chi connectivity index (χ0v) is 11.8.